The molecule has 8 nitrogen and oxygen atoms in total. The second-order valence-corrected chi connectivity index (χ2v) is 9.44. The fourth-order valence-electron chi connectivity index (χ4n) is 4.01. The number of rotatable bonds is 10. The number of aryl methyl sites for hydroxylation is 1. The van der Waals surface area contributed by atoms with E-state index in [1.165, 1.54) is 12.1 Å². The van der Waals surface area contributed by atoms with Crippen molar-refractivity contribution in [1.82, 2.24) is 10.2 Å². The van der Waals surface area contributed by atoms with E-state index in [1.54, 1.807) is 42.5 Å². The van der Waals surface area contributed by atoms with Crippen LogP contribution in [-0.2, 0) is 22.6 Å². The molecule has 10 heteroatoms. The Hall–Kier alpha value is -4.18. The van der Waals surface area contributed by atoms with Crippen LogP contribution in [0.3, 0.4) is 0 Å². The molecule has 4 amide bonds. The van der Waals surface area contributed by atoms with E-state index in [1.807, 2.05) is 26.0 Å². The number of hydrogen-bond acceptors (Lipinski definition) is 5. The third kappa shape index (κ3) is 6.64. The van der Waals surface area contributed by atoms with Gasteiger partial charge in [0.15, 0.2) is 11.5 Å². The van der Waals surface area contributed by atoms with Gasteiger partial charge in [0, 0.05) is 11.3 Å². The van der Waals surface area contributed by atoms with Crippen LogP contribution in [0.4, 0.5) is 14.9 Å². The quantitative estimate of drug-likeness (QED) is 0.233. The molecule has 0 aromatic heterocycles. The number of halogens is 2. The summed E-state index contributed by atoms with van der Waals surface area (Å²) in [6.45, 7) is 3.66. The lowest BCUT2D eigenvalue weighted by Gasteiger charge is -2.15. The largest absolute Gasteiger partial charge is 0.490 e. The van der Waals surface area contributed by atoms with Crippen molar-refractivity contribution >= 4 is 45.5 Å². The van der Waals surface area contributed by atoms with Gasteiger partial charge in [-0.05, 0) is 70.7 Å². The third-order valence-electron chi connectivity index (χ3n) is 5.91. The van der Waals surface area contributed by atoms with E-state index in [-0.39, 0.29) is 18.1 Å². The Morgan fingerprint density at radius 1 is 1.05 bits per heavy atom. The summed E-state index contributed by atoms with van der Waals surface area (Å²) in [5.74, 6) is -0.755. The number of anilines is 1. The average Bonchev–Trinajstić information content (AvgIpc) is 3.16. The van der Waals surface area contributed by atoms with E-state index in [0.29, 0.717) is 39.4 Å². The van der Waals surface area contributed by atoms with Gasteiger partial charge in [-0.2, -0.15) is 0 Å². The molecule has 0 saturated carbocycles. The summed E-state index contributed by atoms with van der Waals surface area (Å²) in [7, 11) is 0. The lowest BCUT2D eigenvalue weighted by atomic mass is 10.1. The molecule has 0 spiro atoms. The molecule has 3 aromatic rings. The molecular weight excluding hydrogens is 569 g/mol. The fraction of sp³-hybridized carbons (Fsp3) is 0.207. The smallest absolute Gasteiger partial charge is 0.329 e. The van der Waals surface area contributed by atoms with Crippen LogP contribution in [0, 0.1) is 5.82 Å². The highest BCUT2D eigenvalue weighted by atomic mass is 79.9. The predicted octanol–water partition coefficient (Wildman–Crippen LogP) is 5.66. The molecule has 202 valence electrons. The second-order valence-electron chi connectivity index (χ2n) is 8.58. The van der Waals surface area contributed by atoms with Crippen LogP contribution < -0.4 is 20.1 Å². The molecule has 3 aromatic carbocycles. The molecule has 1 aliphatic heterocycles. The van der Waals surface area contributed by atoms with Gasteiger partial charge in [0.05, 0.1) is 11.1 Å². The molecule has 0 aliphatic carbocycles. The first kappa shape index (κ1) is 27.8. The van der Waals surface area contributed by atoms with Crippen molar-refractivity contribution in [2.75, 3.05) is 18.5 Å². The van der Waals surface area contributed by atoms with Gasteiger partial charge in [0.2, 0.25) is 5.91 Å². The van der Waals surface area contributed by atoms with Crippen molar-refractivity contribution in [3.8, 4) is 11.5 Å². The number of carbonyl (C=O) groups is 3. The van der Waals surface area contributed by atoms with Crippen molar-refractivity contribution in [3.05, 3.63) is 93.3 Å². The normalized spacial score (nSPS) is 13.9. The Labute approximate surface area is 233 Å². The zero-order chi connectivity index (χ0) is 27.9. The fourth-order valence-corrected chi connectivity index (χ4v) is 4.58. The van der Waals surface area contributed by atoms with Crippen LogP contribution in [0.5, 0.6) is 11.5 Å². The van der Waals surface area contributed by atoms with E-state index < -0.39 is 24.4 Å². The van der Waals surface area contributed by atoms with Gasteiger partial charge in [-0.3, -0.25) is 9.59 Å². The molecule has 1 aliphatic rings. The maximum Gasteiger partial charge on any atom is 0.329 e. The lowest BCUT2D eigenvalue weighted by Crippen LogP contribution is -2.38. The number of benzene rings is 3. The molecule has 1 saturated heterocycles. The maximum atomic E-state index is 14.0. The van der Waals surface area contributed by atoms with Crippen LogP contribution in [0.1, 0.15) is 30.5 Å². The zero-order valence-corrected chi connectivity index (χ0v) is 23.0. The number of urea groups is 1. The first-order valence-corrected chi connectivity index (χ1v) is 13.1. The van der Waals surface area contributed by atoms with Crippen LogP contribution >= 0.6 is 15.9 Å². The van der Waals surface area contributed by atoms with Gasteiger partial charge in [0.1, 0.15) is 24.7 Å². The Morgan fingerprint density at radius 2 is 1.77 bits per heavy atom. The first-order valence-electron chi connectivity index (χ1n) is 12.4. The van der Waals surface area contributed by atoms with Crippen molar-refractivity contribution in [2.45, 2.75) is 26.9 Å². The molecule has 39 heavy (non-hydrogen) atoms. The Morgan fingerprint density at radius 3 is 2.49 bits per heavy atom. The van der Waals surface area contributed by atoms with E-state index in [2.05, 4.69) is 26.6 Å². The summed E-state index contributed by atoms with van der Waals surface area (Å²) in [6, 6.07) is 16.3. The Bertz CT molecular complexity index is 1440. The first-order chi connectivity index (χ1) is 18.8. The molecule has 0 bridgehead atoms. The predicted molar refractivity (Wildman–Crippen MR) is 149 cm³/mol. The van der Waals surface area contributed by atoms with E-state index >= 15 is 0 Å². The van der Waals surface area contributed by atoms with Gasteiger partial charge in [0.25, 0.3) is 5.91 Å². The summed E-state index contributed by atoms with van der Waals surface area (Å²) < 4.78 is 26.1. The van der Waals surface area contributed by atoms with Gasteiger partial charge < -0.3 is 20.1 Å². The molecule has 2 N–H and O–H groups in total. The number of hydrogen-bond donors (Lipinski definition) is 2. The van der Waals surface area contributed by atoms with E-state index in [0.717, 1.165) is 16.9 Å². The topological polar surface area (TPSA) is 97.0 Å². The summed E-state index contributed by atoms with van der Waals surface area (Å²) in [4.78, 5) is 39.0. The Kier molecular flexibility index (Phi) is 8.98. The summed E-state index contributed by atoms with van der Waals surface area (Å²) >= 11 is 3.46. The second kappa shape index (κ2) is 12.6. The SMILES string of the molecule is CCOc1cc(/C=C2/NC(=O)N(CC(=O)Nc3ccccc3CC)C2=O)cc(Br)c1OCc1ccccc1F. The number of para-hydroxylation sites is 1. The van der Waals surface area contributed by atoms with Crippen LogP contribution in [0.25, 0.3) is 6.08 Å². The van der Waals surface area contributed by atoms with E-state index in [4.69, 9.17) is 9.47 Å². The van der Waals surface area contributed by atoms with Crippen LogP contribution in [-0.4, -0.2) is 35.9 Å². The number of nitrogens with one attached hydrogen (secondary N) is 2. The Balaban J connectivity index is 1.50. The summed E-state index contributed by atoms with van der Waals surface area (Å²) in [6.07, 6.45) is 2.21. The minimum Gasteiger partial charge on any atom is -0.490 e. The molecular formula is C29H27BrFN3O5. The molecule has 0 unspecified atom stereocenters. The van der Waals surface area contributed by atoms with Crippen molar-refractivity contribution in [1.29, 1.82) is 0 Å². The van der Waals surface area contributed by atoms with Gasteiger partial charge in [-0.25, -0.2) is 14.1 Å². The summed E-state index contributed by atoms with van der Waals surface area (Å²) in [5.41, 5.74) is 2.52. The van der Waals surface area contributed by atoms with Crippen molar-refractivity contribution < 1.29 is 28.2 Å². The number of nitrogens with zero attached hydrogens (tertiary/aromatic N) is 1. The summed E-state index contributed by atoms with van der Waals surface area (Å²) in [5, 5.41) is 5.29. The van der Waals surface area contributed by atoms with Gasteiger partial charge >= 0.3 is 6.03 Å². The molecule has 0 radical (unpaired) electrons. The zero-order valence-electron chi connectivity index (χ0n) is 21.4. The minimum absolute atomic E-state index is 0.0103. The molecule has 4 rings (SSSR count). The van der Waals surface area contributed by atoms with E-state index in [9.17, 15) is 18.8 Å². The number of carbonyl (C=O) groups excluding carboxylic acids is 3. The molecule has 1 fully saturated rings. The number of amides is 4. The van der Waals surface area contributed by atoms with Crippen LogP contribution in [0.15, 0.2) is 70.8 Å². The van der Waals surface area contributed by atoms with Gasteiger partial charge in [-0.1, -0.05) is 43.3 Å². The monoisotopic (exact) mass is 595 g/mol. The van der Waals surface area contributed by atoms with Crippen molar-refractivity contribution in [2.24, 2.45) is 0 Å². The van der Waals surface area contributed by atoms with Crippen molar-refractivity contribution in [3.63, 3.8) is 0 Å². The lowest BCUT2D eigenvalue weighted by molar-refractivity contribution is -0.127. The molecule has 1 heterocycles. The third-order valence-corrected chi connectivity index (χ3v) is 6.50. The highest BCUT2D eigenvalue weighted by molar-refractivity contribution is 9.10. The highest BCUT2D eigenvalue weighted by Crippen LogP contribution is 2.38. The standard InChI is InChI=1S/C29H27BrFN3O5/c1-3-19-9-6-8-12-23(19)32-26(35)16-34-28(36)24(33-29(34)37)14-18-13-21(30)27(25(15-18)38-4-2)39-17-20-10-5-7-11-22(20)31/h5-15H,3-4,16-17H2,1-2H3,(H,32,35)(H,33,37)/b24-14+. The van der Waals surface area contributed by atoms with Crippen LogP contribution in [0.2, 0.25) is 0 Å². The minimum atomic E-state index is -0.695. The average molecular weight is 596 g/mol. The molecule has 0 atom stereocenters. The van der Waals surface area contributed by atoms with Gasteiger partial charge in [-0.15, -0.1) is 0 Å². The maximum absolute atomic E-state index is 14.0. The number of imide groups is 1. The number of ether oxygens (including phenoxy) is 2. The highest BCUT2D eigenvalue weighted by Gasteiger charge is 2.35.